The fourth-order valence-electron chi connectivity index (χ4n) is 2.14. The lowest BCUT2D eigenvalue weighted by atomic mass is 9.85. The molecule has 1 aliphatic rings. The molecule has 0 saturated carbocycles. The Labute approximate surface area is 90.1 Å². The summed E-state index contributed by atoms with van der Waals surface area (Å²) in [5.74, 6) is 0.359. The topological polar surface area (TPSA) is 48.7 Å². The molecule has 1 fully saturated rings. The maximum atomic E-state index is 9.21. The van der Waals surface area contributed by atoms with Gasteiger partial charge in [0.2, 0.25) is 0 Å². The van der Waals surface area contributed by atoms with E-state index in [1.54, 1.807) is 6.20 Å². The standard InChI is InChI=1S/C12H15N3/c13-8-11(10-4-3-6-14-9-10)12-5-1-2-7-15-12/h1-2,5,7,10-11,14H,3-4,6,9H2. The molecule has 1 aromatic rings. The number of hydrogen-bond donors (Lipinski definition) is 1. The molecule has 78 valence electrons. The number of nitriles is 1. The minimum atomic E-state index is -0.0565. The van der Waals surface area contributed by atoms with Gasteiger partial charge >= 0.3 is 0 Å². The highest BCUT2D eigenvalue weighted by Gasteiger charge is 2.25. The number of hydrogen-bond acceptors (Lipinski definition) is 3. The van der Waals surface area contributed by atoms with E-state index in [1.807, 2.05) is 18.2 Å². The van der Waals surface area contributed by atoms with Gasteiger partial charge in [0, 0.05) is 6.20 Å². The van der Waals surface area contributed by atoms with Crippen LogP contribution in [0.25, 0.3) is 0 Å². The van der Waals surface area contributed by atoms with Gasteiger partial charge in [-0.05, 0) is 44.0 Å². The Balaban J connectivity index is 2.14. The van der Waals surface area contributed by atoms with Gasteiger partial charge in [0.1, 0.15) is 0 Å². The van der Waals surface area contributed by atoms with Gasteiger partial charge in [-0.25, -0.2) is 0 Å². The average Bonchev–Trinajstić information content (AvgIpc) is 2.33. The lowest BCUT2D eigenvalue weighted by Crippen LogP contribution is -2.33. The van der Waals surface area contributed by atoms with Crippen LogP contribution in [0.1, 0.15) is 24.5 Å². The molecule has 3 nitrogen and oxygen atoms in total. The Morgan fingerprint density at radius 1 is 1.53 bits per heavy atom. The van der Waals surface area contributed by atoms with Crippen LogP contribution in [-0.2, 0) is 0 Å². The van der Waals surface area contributed by atoms with Crippen molar-refractivity contribution in [1.29, 1.82) is 5.26 Å². The molecule has 2 rings (SSSR count). The fourth-order valence-corrected chi connectivity index (χ4v) is 2.14. The van der Waals surface area contributed by atoms with E-state index in [0.29, 0.717) is 5.92 Å². The highest BCUT2D eigenvalue weighted by Crippen LogP contribution is 2.27. The lowest BCUT2D eigenvalue weighted by Gasteiger charge is -2.26. The van der Waals surface area contributed by atoms with Gasteiger partial charge < -0.3 is 5.32 Å². The van der Waals surface area contributed by atoms with Crippen LogP contribution in [0.15, 0.2) is 24.4 Å². The molecule has 0 radical (unpaired) electrons. The molecule has 2 heterocycles. The van der Waals surface area contributed by atoms with E-state index < -0.39 is 0 Å². The SMILES string of the molecule is N#CC(c1ccccn1)C1CCCNC1. The molecule has 1 aliphatic heterocycles. The van der Waals surface area contributed by atoms with E-state index >= 15 is 0 Å². The molecule has 0 amide bonds. The Hall–Kier alpha value is -1.40. The molecule has 1 saturated heterocycles. The molecule has 2 unspecified atom stereocenters. The van der Waals surface area contributed by atoms with Gasteiger partial charge in [0.05, 0.1) is 17.7 Å². The Kier molecular flexibility index (Phi) is 3.31. The zero-order chi connectivity index (χ0) is 10.5. The van der Waals surface area contributed by atoms with E-state index in [2.05, 4.69) is 16.4 Å². The van der Waals surface area contributed by atoms with Gasteiger partial charge in [-0.2, -0.15) is 5.26 Å². The van der Waals surface area contributed by atoms with Crippen molar-refractivity contribution in [2.24, 2.45) is 5.92 Å². The van der Waals surface area contributed by atoms with E-state index in [0.717, 1.165) is 31.6 Å². The second-order valence-electron chi connectivity index (χ2n) is 3.97. The Bertz CT molecular complexity index is 336. The fraction of sp³-hybridized carbons (Fsp3) is 0.500. The summed E-state index contributed by atoms with van der Waals surface area (Å²) in [5.41, 5.74) is 0.911. The van der Waals surface area contributed by atoms with Gasteiger partial charge in [-0.3, -0.25) is 4.98 Å². The molecule has 1 aromatic heterocycles. The maximum Gasteiger partial charge on any atom is 0.0924 e. The first-order chi connectivity index (χ1) is 7.42. The number of nitrogens with zero attached hydrogens (tertiary/aromatic N) is 2. The largest absolute Gasteiger partial charge is 0.316 e. The van der Waals surface area contributed by atoms with Crippen molar-refractivity contribution in [1.82, 2.24) is 10.3 Å². The summed E-state index contributed by atoms with van der Waals surface area (Å²) < 4.78 is 0. The van der Waals surface area contributed by atoms with Crippen LogP contribution < -0.4 is 5.32 Å². The van der Waals surface area contributed by atoms with Crippen LogP contribution in [0.5, 0.6) is 0 Å². The van der Waals surface area contributed by atoms with Gasteiger partial charge in [0.25, 0.3) is 0 Å². The summed E-state index contributed by atoms with van der Waals surface area (Å²) >= 11 is 0. The first-order valence-electron chi connectivity index (χ1n) is 5.43. The predicted octanol–water partition coefficient (Wildman–Crippen LogP) is 1.69. The third-order valence-electron chi connectivity index (χ3n) is 2.95. The third kappa shape index (κ3) is 2.34. The van der Waals surface area contributed by atoms with E-state index in [4.69, 9.17) is 0 Å². The zero-order valence-electron chi connectivity index (χ0n) is 8.69. The highest BCUT2D eigenvalue weighted by atomic mass is 14.9. The van der Waals surface area contributed by atoms with Gasteiger partial charge in [-0.15, -0.1) is 0 Å². The average molecular weight is 201 g/mol. The number of pyridine rings is 1. The molecular formula is C12H15N3. The molecule has 0 aliphatic carbocycles. The molecule has 0 bridgehead atoms. The number of aromatic nitrogens is 1. The van der Waals surface area contributed by atoms with Crippen LogP contribution >= 0.6 is 0 Å². The van der Waals surface area contributed by atoms with Crippen LogP contribution in [0.3, 0.4) is 0 Å². The number of rotatable bonds is 2. The molecule has 15 heavy (non-hydrogen) atoms. The minimum Gasteiger partial charge on any atom is -0.316 e. The third-order valence-corrected chi connectivity index (χ3v) is 2.95. The summed E-state index contributed by atoms with van der Waals surface area (Å²) in [6.07, 6.45) is 4.05. The van der Waals surface area contributed by atoms with Crippen molar-refractivity contribution in [3.63, 3.8) is 0 Å². The number of nitrogens with one attached hydrogen (secondary N) is 1. The van der Waals surface area contributed by atoms with Crippen LogP contribution in [0.2, 0.25) is 0 Å². The van der Waals surface area contributed by atoms with Gasteiger partial charge in [-0.1, -0.05) is 6.07 Å². The first-order valence-corrected chi connectivity index (χ1v) is 5.43. The molecule has 0 spiro atoms. The van der Waals surface area contributed by atoms with Crippen molar-refractivity contribution in [2.45, 2.75) is 18.8 Å². The normalized spacial score (nSPS) is 23.0. The van der Waals surface area contributed by atoms with Crippen LogP contribution in [-0.4, -0.2) is 18.1 Å². The summed E-state index contributed by atoms with van der Waals surface area (Å²) in [5, 5.41) is 12.6. The van der Waals surface area contributed by atoms with Crippen molar-refractivity contribution in [2.75, 3.05) is 13.1 Å². The summed E-state index contributed by atoms with van der Waals surface area (Å²) in [7, 11) is 0. The van der Waals surface area contributed by atoms with Crippen LogP contribution in [0, 0.1) is 17.2 Å². The molecular weight excluding hydrogens is 186 g/mol. The lowest BCUT2D eigenvalue weighted by molar-refractivity contribution is 0.351. The molecule has 0 aromatic carbocycles. The van der Waals surface area contributed by atoms with Crippen LogP contribution in [0.4, 0.5) is 0 Å². The summed E-state index contributed by atoms with van der Waals surface area (Å²) in [4.78, 5) is 4.27. The summed E-state index contributed by atoms with van der Waals surface area (Å²) in [6, 6.07) is 8.17. The van der Waals surface area contributed by atoms with Crippen molar-refractivity contribution in [3.8, 4) is 6.07 Å². The molecule has 2 atom stereocenters. The quantitative estimate of drug-likeness (QED) is 0.792. The van der Waals surface area contributed by atoms with Crippen molar-refractivity contribution >= 4 is 0 Å². The Morgan fingerprint density at radius 2 is 2.47 bits per heavy atom. The smallest absolute Gasteiger partial charge is 0.0924 e. The second kappa shape index (κ2) is 4.90. The maximum absolute atomic E-state index is 9.21. The highest BCUT2D eigenvalue weighted by molar-refractivity contribution is 5.18. The van der Waals surface area contributed by atoms with E-state index in [9.17, 15) is 5.26 Å². The van der Waals surface area contributed by atoms with Gasteiger partial charge in [0.15, 0.2) is 0 Å². The van der Waals surface area contributed by atoms with Crippen molar-refractivity contribution in [3.05, 3.63) is 30.1 Å². The van der Waals surface area contributed by atoms with E-state index in [-0.39, 0.29) is 5.92 Å². The minimum absolute atomic E-state index is 0.0565. The zero-order valence-corrected chi connectivity index (χ0v) is 8.69. The first kappa shape index (κ1) is 10.1. The molecule has 3 heteroatoms. The number of piperidine rings is 1. The van der Waals surface area contributed by atoms with Crippen molar-refractivity contribution < 1.29 is 0 Å². The van der Waals surface area contributed by atoms with E-state index in [1.165, 1.54) is 0 Å². The summed E-state index contributed by atoms with van der Waals surface area (Å²) in [6.45, 7) is 2.02. The molecule has 1 N–H and O–H groups in total. The monoisotopic (exact) mass is 201 g/mol. The second-order valence-corrected chi connectivity index (χ2v) is 3.97. The Morgan fingerprint density at radius 3 is 3.07 bits per heavy atom. The predicted molar refractivity (Wildman–Crippen MR) is 58.2 cm³/mol.